The predicted octanol–water partition coefficient (Wildman–Crippen LogP) is 0.897. The first kappa shape index (κ1) is 9.98. The Morgan fingerprint density at radius 3 is 2.54 bits per heavy atom. The van der Waals surface area contributed by atoms with Crippen LogP contribution < -0.4 is 5.43 Å². The van der Waals surface area contributed by atoms with Crippen LogP contribution in [0.2, 0.25) is 0 Å². The Morgan fingerprint density at radius 2 is 2.15 bits per heavy atom. The van der Waals surface area contributed by atoms with E-state index in [-0.39, 0.29) is 0 Å². The first-order valence-electron chi connectivity index (χ1n) is 4.09. The number of hydrogen-bond donors (Lipinski definition) is 1. The first-order valence-corrected chi connectivity index (χ1v) is 4.09. The number of rotatable bonds is 1. The molecule has 0 aromatic rings. The van der Waals surface area contributed by atoms with Gasteiger partial charge in [-0.15, -0.1) is 0 Å². The van der Waals surface area contributed by atoms with Gasteiger partial charge in [0, 0.05) is 0 Å². The molecule has 0 atom stereocenters. The lowest BCUT2D eigenvalue weighted by Crippen LogP contribution is -2.34. The van der Waals surface area contributed by atoms with Gasteiger partial charge in [-0.3, -0.25) is 0 Å². The molecular weight excluding hydrogens is 172 g/mol. The summed E-state index contributed by atoms with van der Waals surface area (Å²) in [6, 6.07) is 0. The van der Waals surface area contributed by atoms with Crippen LogP contribution in [0.4, 0.5) is 4.79 Å². The molecule has 1 fully saturated rings. The fourth-order valence-corrected chi connectivity index (χ4v) is 0.684. The van der Waals surface area contributed by atoms with Gasteiger partial charge in [-0.05, 0) is 20.8 Å². The lowest BCUT2D eigenvalue weighted by Gasteiger charge is -2.19. The largest absolute Gasteiger partial charge is 0.443 e. The normalized spacial score (nSPS) is 16.1. The molecule has 1 N–H and O–H groups in total. The molecule has 1 saturated heterocycles. The second-order valence-corrected chi connectivity index (χ2v) is 3.78. The summed E-state index contributed by atoms with van der Waals surface area (Å²) in [7, 11) is 0. The lowest BCUT2D eigenvalue weighted by molar-refractivity contribution is 0.0526. The van der Waals surface area contributed by atoms with Crippen molar-refractivity contribution in [2.45, 2.75) is 26.4 Å². The number of nitrogens with zero attached hydrogens (tertiary/aromatic N) is 1. The molecule has 0 aromatic heterocycles. The summed E-state index contributed by atoms with van der Waals surface area (Å²) in [5.41, 5.74) is 2.63. The molecule has 0 radical (unpaired) electrons. The summed E-state index contributed by atoms with van der Waals surface area (Å²) < 4.78 is 9.80. The maximum atomic E-state index is 11.0. The molecule has 1 aliphatic heterocycles. The number of hydrogen-bond acceptors (Lipinski definition) is 4. The molecule has 0 aromatic carbocycles. The van der Waals surface area contributed by atoms with E-state index < -0.39 is 11.7 Å². The van der Waals surface area contributed by atoms with E-state index in [0.29, 0.717) is 13.2 Å². The number of amides is 1. The zero-order valence-electron chi connectivity index (χ0n) is 8.09. The molecule has 0 aliphatic carbocycles. The van der Waals surface area contributed by atoms with Crippen molar-refractivity contribution in [2.75, 3.05) is 13.2 Å². The quantitative estimate of drug-likeness (QED) is 0.619. The molecule has 1 rings (SSSR count). The Labute approximate surface area is 77.1 Å². The molecule has 0 unspecified atom stereocenters. The Hall–Kier alpha value is -1.10. The van der Waals surface area contributed by atoms with Gasteiger partial charge < -0.3 is 9.47 Å². The SMILES string of the molecule is CC(C)(C)OC(=O)NN=C1COC1. The van der Waals surface area contributed by atoms with Crippen LogP contribution in [0.25, 0.3) is 0 Å². The van der Waals surface area contributed by atoms with Gasteiger partial charge in [0.25, 0.3) is 0 Å². The number of carbonyl (C=O) groups is 1. The average Bonchev–Trinajstić information content (AvgIpc) is 1.78. The molecule has 1 amide bonds. The highest BCUT2D eigenvalue weighted by Gasteiger charge is 2.16. The molecule has 74 valence electrons. The molecule has 0 bridgehead atoms. The van der Waals surface area contributed by atoms with Crippen LogP contribution in [0, 0.1) is 0 Å². The minimum atomic E-state index is -0.535. The van der Waals surface area contributed by atoms with E-state index in [2.05, 4.69) is 10.5 Å². The van der Waals surface area contributed by atoms with Gasteiger partial charge in [0.2, 0.25) is 0 Å². The van der Waals surface area contributed by atoms with Crippen molar-refractivity contribution in [3.05, 3.63) is 0 Å². The van der Waals surface area contributed by atoms with Crippen LogP contribution in [0.15, 0.2) is 5.10 Å². The first-order chi connectivity index (χ1) is 5.97. The highest BCUT2D eigenvalue weighted by Crippen LogP contribution is 2.06. The van der Waals surface area contributed by atoms with Gasteiger partial charge in [-0.25, -0.2) is 10.2 Å². The number of hydrazone groups is 1. The van der Waals surface area contributed by atoms with Crippen molar-refractivity contribution < 1.29 is 14.3 Å². The summed E-state index contributed by atoms with van der Waals surface area (Å²) in [5, 5.41) is 3.78. The zero-order valence-corrected chi connectivity index (χ0v) is 8.09. The topological polar surface area (TPSA) is 59.9 Å². The minimum absolute atomic E-state index is 0.486. The fraction of sp³-hybridized carbons (Fsp3) is 0.750. The van der Waals surface area contributed by atoms with Crippen LogP contribution in [0.5, 0.6) is 0 Å². The van der Waals surface area contributed by atoms with E-state index >= 15 is 0 Å². The van der Waals surface area contributed by atoms with Crippen molar-refractivity contribution in [3.63, 3.8) is 0 Å². The third kappa shape index (κ3) is 3.89. The Balaban J connectivity index is 2.25. The lowest BCUT2D eigenvalue weighted by atomic mass is 10.2. The van der Waals surface area contributed by atoms with Crippen molar-refractivity contribution in [1.29, 1.82) is 0 Å². The van der Waals surface area contributed by atoms with E-state index in [1.54, 1.807) is 20.8 Å². The van der Waals surface area contributed by atoms with Crippen molar-refractivity contribution >= 4 is 11.8 Å². The third-order valence-electron chi connectivity index (χ3n) is 1.24. The van der Waals surface area contributed by atoms with Gasteiger partial charge in [-0.1, -0.05) is 0 Å². The molecule has 5 nitrogen and oxygen atoms in total. The standard InChI is InChI=1S/C8H14N2O3/c1-8(2,3)13-7(11)10-9-6-4-12-5-6/h4-5H2,1-3H3,(H,10,11). The molecule has 0 saturated carbocycles. The number of nitrogens with one attached hydrogen (secondary N) is 1. The number of ether oxygens (including phenoxy) is 2. The molecule has 13 heavy (non-hydrogen) atoms. The van der Waals surface area contributed by atoms with E-state index in [0.717, 1.165) is 5.71 Å². The van der Waals surface area contributed by atoms with Crippen molar-refractivity contribution in [3.8, 4) is 0 Å². The summed E-state index contributed by atoms with van der Waals surface area (Å²) in [4.78, 5) is 11.0. The second-order valence-electron chi connectivity index (χ2n) is 3.78. The second kappa shape index (κ2) is 3.74. The van der Waals surface area contributed by atoms with E-state index in [9.17, 15) is 4.79 Å². The summed E-state index contributed by atoms with van der Waals surface area (Å²) in [5.74, 6) is 0. The van der Waals surface area contributed by atoms with E-state index in [1.165, 1.54) is 0 Å². The molecular formula is C8H14N2O3. The smallest absolute Gasteiger partial charge is 0.428 e. The van der Waals surface area contributed by atoms with Gasteiger partial charge in [0.05, 0.1) is 18.9 Å². The molecule has 1 aliphatic rings. The zero-order chi connectivity index (χ0) is 9.90. The highest BCUT2D eigenvalue weighted by atomic mass is 16.6. The fourth-order valence-electron chi connectivity index (χ4n) is 0.684. The molecule has 1 heterocycles. The van der Waals surface area contributed by atoms with E-state index in [4.69, 9.17) is 9.47 Å². The maximum absolute atomic E-state index is 11.0. The molecule has 5 heteroatoms. The van der Waals surface area contributed by atoms with Crippen LogP contribution >= 0.6 is 0 Å². The van der Waals surface area contributed by atoms with Gasteiger partial charge in [0.15, 0.2) is 0 Å². The minimum Gasteiger partial charge on any atom is -0.443 e. The predicted molar refractivity (Wildman–Crippen MR) is 47.6 cm³/mol. The summed E-state index contributed by atoms with van der Waals surface area (Å²) >= 11 is 0. The van der Waals surface area contributed by atoms with Gasteiger partial charge >= 0.3 is 6.09 Å². The van der Waals surface area contributed by atoms with E-state index in [1.807, 2.05) is 0 Å². The van der Waals surface area contributed by atoms with Crippen LogP contribution in [-0.2, 0) is 9.47 Å². The van der Waals surface area contributed by atoms with Crippen LogP contribution in [-0.4, -0.2) is 30.6 Å². The van der Waals surface area contributed by atoms with Crippen LogP contribution in [0.3, 0.4) is 0 Å². The third-order valence-corrected chi connectivity index (χ3v) is 1.24. The Morgan fingerprint density at radius 1 is 1.54 bits per heavy atom. The monoisotopic (exact) mass is 186 g/mol. The van der Waals surface area contributed by atoms with Gasteiger partial charge in [-0.2, -0.15) is 5.10 Å². The Kier molecular flexibility index (Phi) is 2.87. The molecule has 0 spiro atoms. The number of carbonyl (C=O) groups excluding carboxylic acids is 1. The summed E-state index contributed by atoms with van der Waals surface area (Å²) in [6.07, 6.45) is -0.535. The Bertz CT molecular complexity index is 224. The van der Waals surface area contributed by atoms with Crippen LogP contribution in [0.1, 0.15) is 20.8 Å². The van der Waals surface area contributed by atoms with Gasteiger partial charge in [0.1, 0.15) is 5.60 Å². The van der Waals surface area contributed by atoms with Crippen molar-refractivity contribution in [1.82, 2.24) is 5.43 Å². The maximum Gasteiger partial charge on any atom is 0.428 e. The summed E-state index contributed by atoms with van der Waals surface area (Å²) in [6.45, 7) is 6.39. The van der Waals surface area contributed by atoms with Crippen molar-refractivity contribution in [2.24, 2.45) is 5.10 Å². The highest BCUT2D eigenvalue weighted by molar-refractivity contribution is 5.91. The average molecular weight is 186 g/mol.